The minimum Gasteiger partial charge on any atom is -0.465 e. The fourth-order valence-electron chi connectivity index (χ4n) is 0.806. The van der Waals surface area contributed by atoms with Crippen LogP contribution in [0.4, 0.5) is 0 Å². The Bertz CT molecular complexity index is 186. The highest BCUT2D eigenvalue weighted by atomic mass is 32.1. The summed E-state index contributed by atoms with van der Waals surface area (Å²) in [6.07, 6.45) is 2.19. The van der Waals surface area contributed by atoms with Gasteiger partial charge in [0.2, 0.25) is 0 Å². The van der Waals surface area contributed by atoms with Crippen molar-refractivity contribution in [1.29, 1.82) is 0 Å². The Kier molecular flexibility index (Phi) is 8.22. The van der Waals surface area contributed by atoms with Crippen LogP contribution in [0.5, 0.6) is 0 Å². The van der Waals surface area contributed by atoms with Crippen molar-refractivity contribution in [3.8, 4) is 0 Å². The van der Waals surface area contributed by atoms with Crippen molar-refractivity contribution in [2.45, 2.75) is 26.7 Å². The number of rotatable bonds is 6. The molecule has 82 valence electrons. The van der Waals surface area contributed by atoms with Gasteiger partial charge >= 0.3 is 5.97 Å². The fourth-order valence-corrected chi connectivity index (χ4v) is 0.980. The van der Waals surface area contributed by atoms with Crippen LogP contribution in [0.25, 0.3) is 0 Å². The summed E-state index contributed by atoms with van der Waals surface area (Å²) in [7, 11) is 0. The van der Waals surface area contributed by atoms with Crippen LogP contribution < -0.4 is 10.6 Å². The molecular formula is C9H18N2O2S. The standard InChI is InChI=1S/C9H18N2O2S/c1-3-5-6-10-9(14)11-7-8(12)13-4-2/h3-7H2,1-2H3,(H2,10,11,14). The van der Waals surface area contributed by atoms with E-state index in [4.69, 9.17) is 17.0 Å². The summed E-state index contributed by atoms with van der Waals surface area (Å²) < 4.78 is 4.73. The maximum absolute atomic E-state index is 10.9. The molecule has 0 radical (unpaired) electrons. The number of esters is 1. The Morgan fingerprint density at radius 1 is 1.36 bits per heavy atom. The first kappa shape index (κ1) is 13.2. The van der Waals surface area contributed by atoms with E-state index in [1.165, 1.54) is 0 Å². The van der Waals surface area contributed by atoms with Crippen molar-refractivity contribution >= 4 is 23.3 Å². The molecule has 0 aromatic carbocycles. The number of nitrogens with one attached hydrogen (secondary N) is 2. The van der Waals surface area contributed by atoms with Gasteiger partial charge < -0.3 is 15.4 Å². The highest BCUT2D eigenvalue weighted by Gasteiger charge is 2.01. The Balaban J connectivity index is 3.39. The molecule has 0 heterocycles. The maximum Gasteiger partial charge on any atom is 0.325 e. The van der Waals surface area contributed by atoms with Crippen LogP contribution in [-0.2, 0) is 9.53 Å². The van der Waals surface area contributed by atoms with E-state index in [0.29, 0.717) is 11.7 Å². The Morgan fingerprint density at radius 2 is 2.07 bits per heavy atom. The van der Waals surface area contributed by atoms with E-state index in [1.807, 2.05) is 0 Å². The zero-order chi connectivity index (χ0) is 10.8. The van der Waals surface area contributed by atoms with E-state index in [1.54, 1.807) is 6.92 Å². The number of thiocarbonyl (C=S) groups is 1. The van der Waals surface area contributed by atoms with Crippen molar-refractivity contribution in [3.63, 3.8) is 0 Å². The number of hydrogen-bond donors (Lipinski definition) is 2. The van der Waals surface area contributed by atoms with Gasteiger partial charge in [-0.3, -0.25) is 4.79 Å². The lowest BCUT2D eigenvalue weighted by Crippen LogP contribution is -2.39. The minimum atomic E-state index is -0.285. The largest absolute Gasteiger partial charge is 0.465 e. The van der Waals surface area contributed by atoms with Gasteiger partial charge in [-0.05, 0) is 25.6 Å². The molecule has 0 bridgehead atoms. The van der Waals surface area contributed by atoms with Crippen LogP contribution in [0.3, 0.4) is 0 Å². The SMILES string of the molecule is CCCCNC(=S)NCC(=O)OCC. The quantitative estimate of drug-likeness (QED) is 0.392. The Hall–Kier alpha value is -0.840. The molecule has 0 unspecified atom stereocenters. The summed E-state index contributed by atoms with van der Waals surface area (Å²) in [4.78, 5) is 10.9. The molecule has 2 N–H and O–H groups in total. The second kappa shape index (κ2) is 8.74. The molecule has 5 heteroatoms. The van der Waals surface area contributed by atoms with Crippen molar-refractivity contribution in [3.05, 3.63) is 0 Å². The molecule has 0 spiro atoms. The molecule has 0 aromatic heterocycles. The predicted octanol–water partition coefficient (Wildman–Crippen LogP) is 0.814. The fraction of sp³-hybridized carbons (Fsp3) is 0.778. The molecular weight excluding hydrogens is 200 g/mol. The van der Waals surface area contributed by atoms with E-state index in [0.717, 1.165) is 19.4 Å². The van der Waals surface area contributed by atoms with Crippen molar-refractivity contribution in [1.82, 2.24) is 10.6 Å². The summed E-state index contributed by atoms with van der Waals surface area (Å²) >= 11 is 4.94. The molecule has 4 nitrogen and oxygen atoms in total. The van der Waals surface area contributed by atoms with Crippen LogP contribution in [-0.4, -0.2) is 30.8 Å². The lowest BCUT2D eigenvalue weighted by Gasteiger charge is -2.08. The summed E-state index contributed by atoms with van der Waals surface area (Å²) in [6.45, 7) is 5.25. The van der Waals surface area contributed by atoms with Crippen molar-refractivity contribution in [2.24, 2.45) is 0 Å². The zero-order valence-corrected chi connectivity index (χ0v) is 9.58. The first-order chi connectivity index (χ1) is 6.70. The average Bonchev–Trinajstić information content (AvgIpc) is 2.16. The third-order valence-corrected chi connectivity index (χ3v) is 1.80. The van der Waals surface area contributed by atoms with Crippen molar-refractivity contribution in [2.75, 3.05) is 19.7 Å². The zero-order valence-electron chi connectivity index (χ0n) is 8.76. The van der Waals surface area contributed by atoms with E-state index in [2.05, 4.69) is 17.6 Å². The number of carbonyl (C=O) groups excluding carboxylic acids is 1. The van der Waals surface area contributed by atoms with Gasteiger partial charge in [-0.25, -0.2) is 0 Å². The topological polar surface area (TPSA) is 50.4 Å². The van der Waals surface area contributed by atoms with Crippen LogP contribution in [0.2, 0.25) is 0 Å². The molecule has 0 atom stereocenters. The van der Waals surface area contributed by atoms with E-state index in [9.17, 15) is 4.79 Å². The summed E-state index contributed by atoms with van der Waals surface area (Å²) in [5.74, 6) is -0.285. The average molecular weight is 218 g/mol. The van der Waals surface area contributed by atoms with E-state index >= 15 is 0 Å². The van der Waals surface area contributed by atoms with Crippen LogP contribution in [0.1, 0.15) is 26.7 Å². The molecule has 14 heavy (non-hydrogen) atoms. The summed E-state index contributed by atoms with van der Waals surface area (Å²) in [6, 6.07) is 0. The molecule has 0 saturated carbocycles. The lowest BCUT2D eigenvalue weighted by molar-refractivity contribution is -0.141. The molecule has 0 saturated heterocycles. The third-order valence-electron chi connectivity index (χ3n) is 1.51. The normalized spacial score (nSPS) is 9.29. The predicted molar refractivity (Wildman–Crippen MR) is 60.1 cm³/mol. The summed E-state index contributed by atoms with van der Waals surface area (Å²) in [5, 5.41) is 6.27. The molecule has 0 aliphatic heterocycles. The Morgan fingerprint density at radius 3 is 2.64 bits per heavy atom. The minimum absolute atomic E-state index is 0.131. The van der Waals surface area contributed by atoms with Crippen LogP contribution in [0.15, 0.2) is 0 Å². The highest BCUT2D eigenvalue weighted by molar-refractivity contribution is 7.80. The lowest BCUT2D eigenvalue weighted by atomic mass is 10.3. The highest BCUT2D eigenvalue weighted by Crippen LogP contribution is 1.82. The van der Waals surface area contributed by atoms with Gasteiger partial charge in [0.1, 0.15) is 6.54 Å². The molecule has 0 aliphatic carbocycles. The molecule has 0 fully saturated rings. The Labute approximate surface area is 90.4 Å². The monoisotopic (exact) mass is 218 g/mol. The first-order valence-electron chi connectivity index (χ1n) is 4.88. The number of hydrogen-bond acceptors (Lipinski definition) is 3. The van der Waals surface area contributed by atoms with Gasteiger partial charge in [-0.2, -0.15) is 0 Å². The van der Waals surface area contributed by atoms with Gasteiger partial charge in [-0.15, -0.1) is 0 Å². The van der Waals surface area contributed by atoms with Gasteiger partial charge in [-0.1, -0.05) is 13.3 Å². The van der Waals surface area contributed by atoms with E-state index < -0.39 is 0 Å². The van der Waals surface area contributed by atoms with Gasteiger partial charge in [0.25, 0.3) is 0 Å². The molecule has 0 amide bonds. The van der Waals surface area contributed by atoms with Gasteiger partial charge in [0.05, 0.1) is 6.61 Å². The molecule has 0 rings (SSSR count). The van der Waals surface area contributed by atoms with Crippen LogP contribution >= 0.6 is 12.2 Å². The second-order valence-electron chi connectivity index (χ2n) is 2.77. The molecule has 0 aromatic rings. The van der Waals surface area contributed by atoms with Gasteiger partial charge in [0.15, 0.2) is 5.11 Å². The number of carbonyl (C=O) groups is 1. The first-order valence-corrected chi connectivity index (χ1v) is 5.28. The smallest absolute Gasteiger partial charge is 0.325 e. The third kappa shape index (κ3) is 7.79. The maximum atomic E-state index is 10.9. The van der Waals surface area contributed by atoms with Gasteiger partial charge in [0, 0.05) is 6.54 Å². The molecule has 0 aliphatic rings. The van der Waals surface area contributed by atoms with Crippen molar-refractivity contribution < 1.29 is 9.53 Å². The second-order valence-corrected chi connectivity index (χ2v) is 3.18. The summed E-state index contributed by atoms with van der Waals surface area (Å²) in [5.41, 5.74) is 0. The number of ether oxygens (including phenoxy) is 1. The van der Waals surface area contributed by atoms with E-state index in [-0.39, 0.29) is 12.5 Å². The van der Waals surface area contributed by atoms with Crippen LogP contribution in [0, 0.1) is 0 Å². The number of unbranched alkanes of at least 4 members (excludes halogenated alkanes) is 1.